The van der Waals surface area contributed by atoms with Crippen LogP contribution in [0.2, 0.25) is 0 Å². The third-order valence-electron chi connectivity index (χ3n) is 4.00. The van der Waals surface area contributed by atoms with Crippen molar-refractivity contribution in [1.29, 1.82) is 0 Å². The number of nitrogens with zero attached hydrogens (tertiary/aromatic N) is 2. The first kappa shape index (κ1) is 18.0. The number of anilines is 2. The van der Waals surface area contributed by atoms with E-state index in [9.17, 15) is 18.0 Å². The van der Waals surface area contributed by atoms with Crippen LogP contribution < -0.4 is 9.62 Å². The van der Waals surface area contributed by atoms with E-state index in [1.807, 2.05) is 0 Å². The van der Waals surface area contributed by atoms with Crippen LogP contribution in [0.4, 0.5) is 11.4 Å². The molecule has 138 valence electrons. The Kier molecular flexibility index (Phi) is 4.99. The van der Waals surface area contributed by atoms with E-state index in [4.69, 9.17) is 4.42 Å². The van der Waals surface area contributed by atoms with E-state index in [0.29, 0.717) is 24.3 Å². The molecule has 2 aromatic rings. The molecule has 2 heterocycles. The van der Waals surface area contributed by atoms with Crippen molar-refractivity contribution in [3.05, 3.63) is 48.4 Å². The lowest BCUT2D eigenvalue weighted by atomic mass is 10.2. The third kappa shape index (κ3) is 3.88. The fourth-order valence-electron chi connectivity index (χ4n) is 2.72. The molecule has 1 fully saturated rings. The number of carbonyl (C=O) groups excluding carboxylic acids is 2. The fraction of sp³-hybridized carbons (Fsp3) is 0.294. The summed E-state index contributed by atoms with van der Waals surface area (Å²) in [6, 6.07) is 9.70. The van der Waals surface area contributed by atoms with Gasteiger partial charge in [0.2, 0.25) is 15.9 Å². The Hall–Kier alpha value is -2.81. The molecule has 0 unspecified atom stereocenters. The SMILES string of the molecule is CN(CC(=O)Nc1ccc(N2CCCS2(=O)=O)cc1)C(=O)c1ccco1. The maximum absolute atomic E-state index is 12.1. The lowest BCUT2D eigenvalue weighted by molar-refractivity contribution is -0.116. The molecule has 0 radical (unpaired) electrons. The normalized spacial score (nSPS) is 15.7. The molecule has 1 aromatic heterocycles. The Morgan fingerprint density at radius 1 is 1.23 bits per heavy atom. The Labute approximate surface area is 151 Å². The van der Waals surface area contributed by atoms with Gasteiger partial charge in [0.25, 0.3) is 5.91 Å². The van der Waals surface area contributed by atoms with Crippen molar-refractivity contribution in [2.24, 2.45) is 0 Å². The highest BCUT2D eigenvalue weighted by atomic mass is 32.2. The second-order valence-corrected chi connectivity index (χ2v) is 7.99. The van der Waals surface area contributed by atoms with Gasteiger partial charge < -0.3 is 14.6 Å². The Morgan fingerprint density at radius 3 is 2.54 bits per heavy atom. The van der Waals surface area contributed by atoms with Crippen LogP contribution >= 0.6 is 0 Å². The molecule has 1 aliphatic rings. The fourth-order valence-corrected chi connectivity index (χ4v) is 4.28. The minimum absolute atomic E-state index is 0.137. The summed E-state index contributed by atoms with van der Waals surface area (Å²) in [5.74, 6) is -0.438. The van der Waals surface area contributed by atoms with Gasteiger partial charge in [-0.25, -0.2) is 8.42 Å². The number of amides is 2. The van der Waals surface area contributed by atoms with Crippen LogP contribution in [-0.2, 0) is 14.8 Å². The Balaban J connectivity index is 1.59. The van der Waals surface area contributed by atoms with E-state index >= 15 is 0 Å². The lowest BCUT2D eigenvalue weighted by Gasteiger charge is -2.18. The van der Waals surface area contributed by atoms with Gasteiger partial charge in [0, 0.05) is 19.3 Å². The van der Waals surface area contributed by atoms with E-state index in [0.717, 1.165) is 0 Å². The summed E-state index contributed by atoms with van der Waals surface area (Å²) in [6.07, 6.45) is 2.00. The molecule has 1 saturated heterocycles. The number of carbonyl (C=O) groups is 2. The Morgan fingerprint density at radius 2 is 1.96 bits per heavy atom. The minimum atomic E-state index is -3.23. The topological polar surface area (TPSA) is 99.9 Å². The van der Waals surface area contributed by atoms with Gasteiger partial charge in [-0.2, -0.15) is 0 Å². The molecule has 0 atom stereocenters. The van der Waals surface area contributed by atoms with E-state index in [2.05, 4.69) is 5.32 Å². The zero-order valence-electron chi connectivity index (χ0n) is 14.2. The summed E-state index contributed by atoms with van der Waals surface area (Å²) >= 11 is 0. The molecule has 9 heteroatoms. The van der Waals surface area contributed by atoms with Gasteiger partial charge in [-0.3, -0.25) is 13.9 Å². The van der Waals surface area contributed by atoms with Gasteiger partial charge in [0.15, 0.2) is 5.76 Å². The van der Waals surface area contributed by atoms with Gasteiger partial charge in [0.05, 0.1) is 24.2 Å². The summed E-state index contributed by atoms with van der Waals surface area (Å²) in [4.78, 5) is 25.4. The minimum Gasteiger partial charge on any atom is -0.459 e. The van der Waals surface area contributed by atoms with Crippen molar-refractivity contribution >= 4 is 33.2 Å². The Bertz CT molecular complexity index is 891. The van der Waals surface area contributed by atoms with Crippen LogP contribution in [0, 0.1) is 0 Å². The molecule has 0 aliphatic carbocycles. The number of likely N-dealkylation sites (N-methyl/N-ethyl adjacent to an activating group) is 1. The molecule has 8 nitrogen and oxygen atoms in total. The average Bonchev–Trinajstić information content (AvgIpc) is 3.24. The summed E-state index contributed by atoms with van der Waals surface area (Å²) in [6.45, 7) is 0.329. The molecule has 3 rings (SSSR count). The highest BCUT2D eigenvalue weighted by Gasteiger charge is 2.28. The zero-order valence-corrected chi connectivity index (χ0v) is 15.0. The predicted molar refractivity (Wildman–Crippen MR) is 96.5 cm³/mol. The summed E-state index contributed by atoms with van der Waals surface area (Å²) in [7, 11) is -1.72. The maximum atomic E-state index is 12.1. The first-order valence-electron chi connectivity index (χ1n) is 8.06. The first-order chi connectivity index (χ1) is 12.4. The molecule has 26 heavy (non-hydrogen) atoms. The lowest BCUT2D eigenvalue weighted by Crippen LogP contribution is -2.34. The van der Waals surface area contributed by atoms with E-state index in [-0.39, 0.29) is 29.9 Å². The second kappa shape index (κ2) is 7.20. The quantitative estimate of drug-likeness (QED) is 0.852. The smallest absolute Gasteiger partial charge is 0.289 e. The largest absolute Gasteiger partial charge is 0.459 e. The van der Waals surface area contributed by atoms with E-state index in [1.54, 1.807) is 30.3 Å². The zero-order chi connectivity index (χ0) is 18.7. The predicted octanol–water partition coefficient (Wildman–Crippen LogP) is 1.53. The van der Waals surface area contributed by atoms with Gasteiger partial charge in [-0.15, -0.1) is 0 Å². The van der Waals surface area contributed by atoms with Crippen molar-refractivity contribution in [3.63, 3.8) is 0 Å². The van der Waals surface area contributed by atoms with Crippen molar-refractivity contribution < 1.29 is 22.4 Å². The van der Waals surface area contributed by atoms with Gasteiger partial charge in [-0.05, 0) is 42.8 Å². The number of furan rings is 1. The number of hydrogen-bond donors (Lipinski definition) is 1. The number of nitrogens with one attached hydrogen (secondary N) is 1. The van der Waals surface area contributed by atoms with Crippen molar-refractivity contribution in [1.82, 2.24) is 4.90 Å². The van der Waals surface area contributed by atoms with Crippen molar-refractivity contribution in [2.75, 3.05) is 35.5 Å². The molecule has 0 spiro atoms. The molecule has 1 aliphatic heterocycles. The summed E-state index contributed by atoms with van der Waals surface area (Å²) < 4.78 is 30.2. The highest BCUT2D eigenvalue weighted by Crippen LogP contribution is 2.25. The molecule has 0 bridgehead atoms. The van der Waals surface area contributed by atoms with Crippen LogP contribution in [0.1, 0.15) is 17.0 Å². The first-order valence-corrected chi connectivity index (χ1v) is 9.67. The molecular formula is C17H19N3O5S. The van der Waals surface area contributed by atoms with Crippen molar-refractivity contribution in [2.45, 2.75) is 6.42 Å². The van der Waals surface area contributed by atoms with Gasteiger partial charge in [-0.1, -0.05) is 0 Å². The maximum Gasteiger partial charge on any atom is 0.289 e. The second-order valence-electron chi connectivity index (χ2n) is 5.98. The monoisotopic (exact) mass is 377 g/mol. The number of hydrogen-bond acceptors (Lipinski definition) is 5. The van der Waals surface area contributed by atoms with Crippen LogP contribution in [0.5, 0.6) is 0 Å². The summed E-state index contributed by atoms with van der Waals surface area (Å²) in [5, 5.41) is 2.68. The molecule has 0 saturated carbocycles. The molecule has 2 amide bonds. The number of rotatable bonds is 5. The average molecular weight is 377 g/mol. The van der Waals surface area contributed by atoms with E-state index in [1.165, 1.54) is 28.6 Å². The van der Waals surface area contributed by atoms with Crippen molar-refractivity contribution in [3.8, 4) is 0 Å². The molecular weight excluding hydrogens is 358 g/mol. The molecule has 1 aromatic carbocycles. The standard InChI is InChI=1S/C17H19N3O5S/c1-19(17(22)15-4-2-10-25-15)12-16(21)18-13-5-7-14(8-6-13)20-9-3-11-26(20,23)24/h2,4-8,10H,3,9,11-12H2,1H3,(H,18,21). The van der Waals surface area contributed by atoms with Gasteiger partial charge in [0.1, 0.15) is 0 Å². The van der Waals surface area contributed by atoms with Gasteiger partial charge >= 0.3 is 0 Å². The number of benzene rings is 1. The van der Waals surface area contributed by atoms with Crippen LogP contribution in [0.15, 0.2) is 47.1 Å². The van der Waals surface area contributed by atoms with Crippen LogP contribution in [0.25, 0.3) is 0 Å². The highest BCUT2D eigenvalue weighted by molar-refractivity contribution is 7.93. The molecule has 1 N–H and O–H groups in total. The summed E-state index contributed by atoms with van der Waals surface area (Å²) in [5.41, 5.74) is 1.10. The van der Waals surface area contributed by atoms with Crippen LogP contribution in [0.3, 0.4) is 0 Å². The van der Waals surface area contributed by atoms with Crippen LogP contribution in [-0.4, -0.2) is 51.0 Å². The van der Waals surface area contributed by atoms with E-state index < -0.39 is 10.0 Å². The third-order valence-corrected chi connectivity index (χ3v) is 5.87. The number of sulfonamides is 1.